The van der Waals surface area contributed by atoms with Crippen LogP contribution >= 0.6 is 15.9 Å². The molecule has 1 unspecified atom stereocenters. The Hall–Kier alpha value is -2.72. The molecule has 3 nitrogen and oxygen atoms in total. The summed E-state index contributed by atoms with van der Waals surface area (Å²) in [6, 6.07) is 26.2. The van der Waals surface area contributed by atoms with Crippen LogP contribution < -0.4 is 4.90 Å². The Morgan fingerprint density at radius 3 is 2.04 bits per heavy atom. The summed E-state index contributed by atoms with van der Waals surface area (Å²) >= 11 is 3.52. The lowest BCUT2D eigenvalue weighted by atomic mass is 9.84. The standard InChI is InChI=1S/C22H16BrNO2/c23-22(17-11-5-2-6-12-17)20(25)18-13-7-8-14-19(18)24(21(22)26)15-16-9-3-1-4-10-16/h1-14H,15H2. The van der Waals surface area contributed by atoms with Crippen LogP contribution in [0.1, 0.15) is 21.5 Å². The van der Waals surface area contributed by atoms with Gasteiger partial charge in [0.25, 0.3) is 5.91 Å². The highest BCUT2D eigenvalue weighted by molar-refractivity contribution is 9.10. The van der Waals surface area contributed by atoms with Crippen molar-refractivity contribution in [1.29, 1.82) is 0 Å². The van der Waals surface area contributed by atoms with Crippen LogP contribution in [-0.4, -0.2) is 11.7 Å². The van der Waals surface area contributed by atoms with Gasteiger partial charge >= 0.3 is 0 Å². The summed E-state index contributed by atoms with van der Waals surface area (Å²) in [4.78, 5) is 28.4. The minimum atomic E-state index is -1.41. The van der Waals surface area contributed by atoms with Crippen molar-refractivity contribution in [2.45, 2.75) is 10.9 Å². The van der Waals surface area contributed by atoms with E-state index in [0.717, 1.165) is 5.56 Å². The maximum Gasteiger partial charge on any atom is 0.256 e. The van der Waals surface area contributed by atoms with Gasteiger partial charge in [0.05, 0.1) is 12.2 Å². The van der Waals surface area contributed by atoms with Gasteiger partial charge in [0, 0.05) is 5.56 Å². The van der Waals surface area contributed by atoms with Crippen LogP contribution in [0.25, 0.3) is 0 Å². The Labute approximate surface area is 160 Å². The molecule has 1 heterocycles. The number of fused-ring (bicyclic) bond motifs is 1. The second kappa shape index (κ2) is 6.54. The molecule has 0 fully saturated rings. The van der Waals surface area contributed by atoms with Gasteiger partial charge < -0.3 is 4.90 Å². The molecular weight excluding hydrogens is 390 g/mol. The minimum Gasteiger partial charge on any atom is -0.305 e. The number of hydrogen-bond acceptors (Lipinski definition) is 2. The highest BCUT2D eigenvalue weighted by Gasteiger charge is 2.52. The fourth-order valence-corrected chi connectivity index (χ4v) is 4.02. The van der Waals surface area contributed by atoms with E-state index in [9.17, 15) is 9.59 Å². The summed E-state index contributed by atoms with van der Waals surface area (Å²) < 4.78 is -1.41. The lowest BCUT2D eigenvalue weighted by Gasteiger charge is -2.38. The highest BCUT2D eigenvalue weighted by Crippen LogP contribution is 2.44. The SMILES string of the molecule is O=C1c2ccccc2N(Cc2ccccc2)C(=O)C1(Br)c1ccccc1. The number of para-hydroxylation sites is 1. The molecule has 0 aliphatic carbocycles. The second-order valence-corrected chi connectivity index (χ2v) is 7.44. The number of amides is 1. The van der Waals surface area contributed by atoms with Gasteiger partial charge in [-0.1, -0.05) is 88.7 Å². The van der Waals surface area contributed by atoms with Crippen LogP contribution in [0.2, 0.25) is 0 Å². The predicted molar refractivity (Wildman–Crippen MR) is 105 cm³/mol. The van der Waals surface area contributed by atoms with Gasteiger partial charge in [-0.05, 0) is 23.3 Å². The largest absolute Gasteiger partial charge is 0.305 e. The number of alkyl halides is 1. The molecule has 0 N–H and O–H groups in total. The number of hydrogen-bond donors (Lipinski definition) is 0. The summed E-state index contributed by atoms with van der Waals surface area (Å²) in [5.74, 6) is -0.495. The summed E-state index contributed by atoms with van der Waals surface area (Å²) in [6.45, 7) is 0.407. The van der Waals surface area contributed by atoms with E-state index >= 15 is 0 Å². The van der Waals surface area contributed by atoms with Gasteiger partial charge in [0.2, 0.25) is 0 Å². The fourth-order valence-electron chi connectivity index (χ4n) is 3.32. The van der Waals surface area contributed by atoms with E-state index in [1.807, 2.05) is 66.7 Å². The molecule has 1 aliphatic rings. The third-order valence-electron chi connectivity index (χ3n) is 4.65. The first-order valence-corrected chi connectivity index (χ1v) is 9.16. The van der Waals surface area contributed by atoms with Crippen molar-refractivity contribution in [3.8, 4) is 0 Å². The van der Waals surface area contributed by atoms with Crippen molar-refractivity contribution >= 4 is 33.3 Å². The Balaban J connectivity index is 1.87. The smallest absolute Gasteiger partial charge is 0.256 e. The van der Waals surface area contributed by atoms with Gasteiger partial charge in [-0.15, -0.1) is 0 Å². The zero-order valence-corrected chi connectivity index (χ0v) is 15.5. The molecule has 1 amide bonds. The molecule has 128 valence electrons. The first-order valence-electron chi connectivity index (χ1n) is 8.36. The molecule has 3 aromatic carbocycles. The number of carbonyl (C=O) groups is 2. The van der Waals surface area contributed by atoms with Gasteiger partial charge in [-0.3, -0.25) is 9.59 Å². The van der Waals surface area contributed by atoms with Crippen LogP contribution in [0, 0.1) is 0 Å². The summed E-state index contributed by atoms with van der Waals surface area (Å²) in [5.41, 5.74) is 2.84. The number of ketones is 1. The lowest BCUT2D eigenvalue weighted by molar-refractivity contribution is -0.120. The Morgan fingerprint density at radius 1 is 0.769 bits per heavy atom. The van der Waals surface area contributed by atoms with E-state index < -0.39 is 4.32 Å². The normalized spacial score (nSPS) is 19.3. The predicted octanol–water partition coefficient (Wildman–Crippen LogP) is 4.71. The minimum absolute atomic E-state index is 0.228. The van der Waals surface area contributed by atoms with Crippen LogP contribution in [0.3, 0.4) is 0 Å². The van der Waals surface area contributed by atoms with Gasteiger partial charge in [-0.25, -0.2) is 0 Å². The van der Waals surface area contributed by atoms with Gasteiger partial charge in [0.1, 0.15) is 0 Å². The number of rotatable bonds is 3. The molecule has 1 aliphatic heterocycles. The average molecular weight is 406 g/mol. The van der Waals surface area contributed by atoms with Crippen LogP contribution in [0.5, 0.6) is 0 Å². The lowest BCUT2D eigenvalue weighted by Crippen LogP contribution is -2.52. The van der Waals surface area contributed by atoms with E-state index in [-0.39, 0.29) is 11.7 Å². The zero-order valence-electron chi connectivity index (χ0n) is 13.9. The monoisotopic (exact) mass is 405 g/mol. The molecule has 0 saturated carbocycles. The second-order valence-electron chi connectivity index (χ2n) is 6.25. The van der Waals surface area contributed by atoms with E-state index in [1.54, 1.807) is 23.1 Å². The first kappa shape index (κ1) is 16.7. The van der Waals surface area contributed by atoms with Crippen molar-refractivity contribution < 1.29 is 9.59 Å². The molecule has 0 aromatic heterocycles. The van der Waals surface area contributed by atoms with E-state index in [2.05, 4.69) is 15.9 Å². The molecule has 1 atom stereocenters. The number of nitrogens with zero attached hydrogens (tertiary/aromatic N) is 1. The molecule has 4 heteroatoms. The van der Waals surface area contributed by atoms with Crippen molar-refractivity contribution in [3.05, 3.63) is 102 Å². The quantitative estimate of drug-likeness (QED) is 0.467. The number of halogens is 1. The number of Topliss-reactive ketones (excluding diaryl/α,β-unsaturated/α-hetero) is 1. The molecule has 0 bridgehead atoms. The van der Waals surface area contributed by atoms with Crippen LogP contribution in [0.15, 0.2) is 84.9 Å². The maximum absolute atomic E-state index is 13.5. The molecule has 0 radical (unpaired) electrons. The topological polar surface area (TPSA) is 37.4 Å². The van der Waals surface area contributed by atoms with Crippen LogP contribution in [-0.2, 0) is 15.7 Å². The number of benzene rings is 3. The summed E-state index contributed by atoms with van der Waals surface area (Å²) in [5, 5.41) is 0. The molecule has 0 saturated heterocycles. The number of anilines is 1. The summed E-state index contributed by atoms with van der Waals surface area (Å²) in [7, 11) is 0. The van der Waals surface area contributed by atoms with E-state index in [4.69, 9.17) is 0 Å². The van der Waals surface area contributed by atoms with E-state index in [1.165, 1.54) is 0 Å². The van der Waals surface area contributed by atoms with Gasteiger partial charge in [-0.2, -0.15) is 0 Å². The van der Waals surface area contributed by atoms with Gasteiger partial charge in [0.15, 0.2) is 10.1 Å². The molecule has 3 aromatic rings. The van der Waals surface area contributed by atoms with Crippen molar-refractivity contribution in [3.63, 3.8) is 0 Å². The molecular formula is C22H16BrNO2. The molecule has 4 rings (SSSR count). The number of carbonyl (C=O) groups excluding carboxylic acids is 2. The average Bonchev–Trinajstić information content (AvgIpc) is 2.71. The fraction of sp³-hybridized carbons (Fsp3) is 0.0909. The Bertz CT molecular complexity index is 972. The first-order chi connectivity index (χ1) is 12.6. The van der Waals surface area contributed by atoms with E-state index in [0.29, 0.717) is 23.4 Å². The van der Waals surface area contributed by atoms with Crippen molar-refractivity contribution in [1.82, 2.24) is 0 Å². The van der Waals surface area contributed by atoms with Crippen molar-refractivity contribution in [2.24, 2.45) is 0 Å². The zero-order chi connectivity index (χ0) is 18.1. The third kappa shape index (κ3) is 2.58. The maximum atomic E-state index is 13.5. The summed E-state index contributed by atoms with van der Waals surface area (Å²) in [6.07, 6.45) is 0. The molecule has 26 heavy (non-hydrogen) atoms. The molecule has 0 spiro atoms. The Kier molecular flexibility index (Phi) is 4.21. The Morgan fingerprint density at radius 2 is 1.35 bits per heavy atom. The highest BCUT2D eigenvalue weighted by atomic mass is 79.9. The van der Waals surface area contributed by atoms with Crippen LogP contribution in [0.4, 0.5) is 5.69 Å². The van der Waals surface area contributed by atoms with Crippen molar-refractivity contribution in [2.75, 3.05) is 4.90 Å². The third-order valence-corrected chi connectivity index (χ3v) is 5.80.